The van der Waals surface area contributed by atoms with Gasteiger partial charge in [-0.15, -0.1) is 0 Å². The summed E-state index contributed by atoms with van der Waals surface area (Å²) in [6.45, 7) is 11.9. The van der Waals surface area contributed by atoms with Gasteiger partial charge in [0.25, 0.3) is 0 Å². The average molecular weight is 295 g/mol. The van der Waals surface area contributed by atoms with E-state index in [1.165, 1.54) is 64.5 Å². The van der Waals surface area contributed by atoms with Gasteiger partial charge < -0.3 is 5.32 Å². The highest BCUT2D eigenvalue weighted by atomic mass is 15.2. The number of nitrogens with one attached hydrogen (secondary N) is 1. The highest BCUT2D eigenvalue weighted by Gasteiger charge is 2.40. The normalized spacial score (nSPS) is 30.3. The van der Waals surface area contributed by atoms with Crippen molar-refractivity contribution in [3.63, 3.8) is 0 Å². The maximum absolute atomic E-state index is 3.88. The Labute approximate surface area is 133 Å². The molecule has 2 heteroatoms. The van der Waals surface area contributed by atoms with Gasteiger partial charge in [-0.25, -0.2) is 0 Å². The van der Waals surface area contributed by atoms with E-state index in [-0.39, 0.29) is 0 Å². The van der Waals surface area contributed by atoms with Crippen molar-refractivity contribution >= 4 is 0 Å². The van der Waals surface area contributed by atoms with Gasteiger partial charge in [-0.3, -0.25) is 4.90 Å². The van der Waals surface area contributed by atoms with Crippen molar-refractivity contribution in [3.8, 4) is 0 Å². The second-order valence-electron chi connectivity index (χ2n) is 7.92. The molecule has 2 aliphatic carbocycles. The summed E-state index contributed by atoms with van der Waals surface area (Å²) in [7, 11) is 0. The SMILES string of the molecule is CCCNC1CCC(CCC)CC1N(CC(C)C)C1CC1. The highest BCUT2D eigenvalue weighted by Crippen LogP contribution is 2.37. The van der Waals surface area contributed by atoms with E-state index in [1.807, 2.05) is 0 Å². The van der Waals surface area contributed by atoms with Gasteiger partial charge in [0.2, 0.25) is 0 Å². The Balaban J connectivity index is 2.02. The van der Waals surface area contributed by atoms with Crippen LogP contribution in [0.15, 0.2) is 0 Å². The van der Waals surface area contributed by atoms with E-state index in [9.17, 15) is 0 Å². The molecule has 0 aliphatic heterocycles. The van der Waals surface area contributed by atoms with Crippen molar-refractivity contribution in [1.29, 1.82) is 0 Å². The Kier molecular flexibility index (Phi) is 7.01. The molecule has 0 saturated heterocycles. The van der Waals surface area contributed by atoms with Crippen LogP contribution in [0.3, 0.4) is 0 Å². The molecule has 21 heavy (non-hydrogen) atoms. The van der Waals surface area contributed by atoms with Gasteiger partial charge in [0, 0.05) is 24.7 Å². The lowest BCUT2D eigenvalue weighted by molar-refractivity contribution is 0.0769. The van der Waals surface area contributed by atoms with Gasteiger partial charge in [0.05, 0.1) is 0 Å². The van der Waals surface area contributed by atoms with Crippen LogP contribution in [-0.2, 0) is 0 Å². The molecular weight excluding hydrogens is 256 g/mol. The quantitative estimate of drug-likeness (QED) is 0.676. The number of rotatable bonds is 9. The smallest absolute Gasteiger partial charge is 0.0255 e. The van der Waals surface area contributed by atoms with Crippen molar-refractivity contribution in [3.05, 3.63) is 0 Å². The van der Waals surface area contributed by atoms with Crippen LogP contribution in [0.1, 0.15) is 79.1 Å². The van der Waals surface area contributed by atoms with Crippen LogP contribution in [-0.4, -0.2) is 36.1 Å². The fraction of sp³-hybridized carbons (Fsp3) is 1.00. The van der Waals surface area contributed by atoms with Crippen LogP contribution < -0.4 is 5.32 Å². The maximum atomic E-state index is 3.88. The van der Waals surface area contributed by atoms with E-state index in [1.54, 1.807) is 0 Å². The summed E-state index contributed by atoms with van der Waals surface area (Å²) in [6, 6.07) is 2.46. The van der Waals surface area contributed by atoms with Crippen molar-refractivity contribution in [2.24, 2.45) is 11.8 Å². The molecule has 0 radical (unpaired) electrons. The third kappa shape index (κ3) is 5.25. The van der Waals surface area contributed by atoms with Crippen LogP contribution in [0.25, 0.3) is 0 Å². The second-order valence-corrected chi connectivity index (χ2v) is 7.92. The van der Waals surface area contributed by atoms with Gasteiger partial charge in [-0.1, -0.05) is 40.5 Å². The molecule has 2 aliphatic rings. The molecule has 0 aromatic carbocycles. The molecule has 0 heterocycles. The predicted molar refractivity (Wildman–Crippen MR) is 92.7 cm³/mol. The van der Waals surface area contributed by atoms with Crippen molar-refractivity contribution < 1.29 is 0 Å². The molecule has 2 rings (SSSR count). The van der Waals surface area contributed by atoms with E-state index in [0.29, 0.717) is 0 Å². The van der Waals surface area contributed by atoms with Crippen LogP contribution in [0.2, 0.25) is 0 Å². The second kappa shape index (κ2) is 8.53. The van der Waals surface area contributed by atoms with Crippen LogP contribution in [0.5, 0.6) is 0 Å². The number of hydrogen-bond donors (Lipinski definition) is 1. The van der Waals surface area contributed by atoms with Gasteiger partial charge in [-0.2, -0.15) is 0 Å². The number of nitrogens with zero attached hydrogens (tertiary/aromatic N) is 1. The first kappa shape index (κ1) is 17.3. The molecule has 0 amide bonds. The molecule has 3 atom stereocenters. The lowest BCUT2D eigenvalue weighted by atomic mass is 9.79. The van der Waals surface area contributed by atoms with Gasteiger partial charge in [-0.05, 0) is 56.9 Å². The molecule has 2 fully saturated rings. The highest BCUT2D eigenvalue weighted by molar-refractivity contribution is 4.97. The predicted octanol–water partition coefficient (Wildman–Crippen LogP) is 4.44. The molecule has 0 bridgehead atoms. The zero-order valence-corrected chi connectivity index (χ0v) is 14.9. The van der Waals surface area contributed by atoms with Crippen LogP contribution in [0.4, 0.5) is 0 Å². The van der Waals surface area contributed by atoms with E-state index < -0.39 is 0 Å². The molecule has 2 saturated carbocycles. The lowest BCUT2D eigenvalue weighted by Crippen LogP contribution is -2.55. The zero-order chi connectivity index (χ0) is 15.2. The largest absolute Gasteiger partial charge is 0.312 e. The van der Waals surface area contributed by atoms with E-state index in [0.717, 1.165) is 30.0 Å². The Hall–Kier alpha value is -0.0800. The van der Waals surface area contributed by atoms with Crippen LogP contribution in [0, 0.1) is 11.8 Å². The first-order chi connectivity index (χ1) is 10.2. The Morgan fingerprint density at radius 2 is 1.81 bits per heavy atom. The minimum absolute atomic E-state index is 0.748. The number of hydrogen-bond acceptors (Lipinski definition) is 2. The molecule has 1 N–H and O–H groups in total. The van der Waals surface area contributed by atoms with Crippen LogP contribution >= 0.6 is 0 Å². The van der Waals surface area contributed by atoms with Gasteiger partial charge in [0.15, 0.2) is 0 Å². The minimum Gasteiger partial charge on any atom is -0.312 e. The standard InChI is InChI=1S/C19H38N2/c1-5-7-16-8-11-18(20-12-6-2)19(13-16)21(14-15(3)4)17-9-10-17/h15-20H,5-14H2,1-4H3. The van der Waals surface area contributed by atoms with E-state index in [2.05, 4.69) is 37.9 Å². The Morgan fingerprint density at radius 1 is 1.05 bits per heavy atom. The molecular formula is C19H38N2. The van der Waals surface area contributed by atoms with E-state index >= 15 is 0 Å². The summed E-state index contributed by atoms with van der Waals surface area (Å²) in [4.78, 5) is 2.90. The first-order valence-electron chi connectivity index (χ1n) is 9.64. The summed E-state index contributed by atoms with van der Waals surface area (Å²) >= 11 is 0. The molecule has 124 valence electrons. The fourth-order valence-electron chi connectivity index (χ4n) is 4.22. The van der Waals surface area contributed by atoms with Crippen molar-refractivity contribution in [2.75, 3.05) is 13.1 Å². The molecule has 0 aromatic rings. The average Bonchev–Trinajstić information content (AvgIpc) is 3.28. The lowest BCUT2D eigenvalue weighted by Gasteiger charge is -2.44. The van der Waals surface area contributed by atoms with Crippen molar-refractivity contribution in [2.45, 2.75) is 97.2 Å². The third-order valence-electron chi connectivity index (χ3n) is 5.30. The summed E-state index contributed by atoms with van der Waals surface area (Å²) in [5.74, 6) is 1.78. The molecule has 0 spiro atoms. The Morgan fingerprint density at radius 3 is 2.38 bits per heavy atom. The van der Waals surface area contributed by atoms with E-state index in [4.69, 9.17) is 0 Å². The van der Waals surface area contributed by atoms with Crippen molar-refractivity contribution in [1.82, 2.24) is 10.2 Å². The molecule has 3 unspecified atom stereocenters. The third-order valence-corrected chi connectivity index (χ3v) is 5.30. The maximum Gasteiger partial charge on any atom is 0.0255 e. The zero-order valence-electron chi connectivity index (χ0n) is 14.9. The summed E-state index contributed by atoms with van der Waals surface area (Å²) in [6.07, 6.45) is 11.2. The summed E-state index contributed by atoms with van der Waals surface area (Å²) < 4.78 is 0. The minimum atomic E-state index is 0.748. The monoisotopic (exact) mass is 294 g/mol. The molecule has 2 nitrogen and oxygen atoms in total. The Bertz CT molecular complexity index is 285. The fourth-order valence-corrected chi connectivity index (χ4v) is 4.22. The molecule has 0 aromatic heterocycles. The summed E-state index contributed by atoms with van der Waals surface area (Å²) in [5, 5.41) is 3.88. The first-order valence-corrected chi connectivity index (χ1v) is 9.64. The summed E-state index contributed by atoms with van der Waals surface area (Å²) in [5.41, 5.74) is 0. The topological polar surface area (TPSA) is 15.3 Å². The van der Waals surface area contributed by atoms with Gasteiger partial charge >= 0.3 is 0 Å². The van der Waals surface area contributed by atoms with Gasteiger partial charge in [0.1, 0.15) is 0 Å².